The van der Waals surface area contributed by atoms with Gasteiger partial charge in [0.15, 0.2) is 0 Å². The Morgan fingerprint density at radius 1 is 1.18 bits per heavy atom. The average Bonchev–Trinajstić information content (AvgIpc) is 2.22. The summed E-state index contributed by atoms with van der Waals surface area (Å²) >= 11 is 0. The molecule has 0 radical (unpaired) electrons. The van der Waals surface area contributed by atoms with E-state index in [1.165, 1.54) is 0 Å². The highest BCUT2D eigenvalue weighted by Crippen LogP contribution is 2.41. The summed E-state index contributed by atoms with van der Waals surface area (Å²) < 4.78 is 4.57. The molecule has 0 aromatic carbocycles. The lowest BCUT2D eigenvalue weighted by molar-refractivity contribution is -0.171. The number of esters is 2. The molecule has 11 heavy (non-hydrogen) atoms. The summed E-state index contributed by atoms with van der Waals surface area (Å²) in [6, 6.07) is 0. The van der Waals surface area contributed by atoms with Crippen molar-refractivity contribution in [3.8, 4) is 0 Å². The molecule has 0 N–H and O–H groups in total. The third kappa shape index (κ3) is 0.800. The van der Waals surface area contributed by atoms with Crippen LogP contribution in [0.5, 0.6) is 0 Å². The summed E-state index contributed by atoms with van der Waals surface area (Å²) in [5.41, 5.74) is 0. The van der Waals surface area contributed by atoms with Crippen LogP contribution in [0, 0.1) is 17.8 Å². The standard InChI is InChI=1S/C8H10O3/c1-4-5-2-3-6(4)8(10)11-7(5)9/h4-6H,2-3H2,1H3. The molecule has 2 bridgehead atoms. The SMILES string of the molecule is CC1C2CCC1C(=O)OC2=O. The minimum Gasteiger partial charge on any atom is -0.393 e. The second-order valence-corrected chi connectivity index (χ2v) is 3.39. The maximum absolute atomic E-state index is 11.0. The summed E-state index contributed by atoms with van der Waals surface area (Å²) in [4.78, 5) is 22.1. The number of rotatable bonds is 0. The van der Waals surface area contributed by atoms with E-state index >= 15 is 0 Å². The summed E-state index contributed by atoms with van der Waals surface area (Å²) in [5, 5.41) is 0. The molecule has 0 aromatic heterocycles. The number of ether oxygens (including phenoxy) is 1. The van der Waals surface area contributed by atoms with Crippen LogP contribution in [-0.2, 0) is 14.3 Å². The van der Waals surface area contributed by atoms with Crippen LogP contribution < -0.4 is 0 Å². The lowest BCUT2D eigenvalue weighted by Crippen LogP contribution is -2.35. The van der Waals surface area contributed by atoms with Gasteiger partial charge in [0, 0.05) is 0 Å². The molecular weight excluding hydrogens is 144 g/mol. The highest BCUT2D eigenvalue weighted by Gasteiger charge is 2.47. The predicted molar refractivity (Wildman–Crippen MR) is 36.5 cm³/mol. The monoisotopic (exact) mass is 154 g/mol. The minimum atomic E-state index is -0.309. The van der Waals surface area contributed by atoms with Gasteiger partial charge in [-0.2, -0.15) is 0 Å². The zero-order valence-corrected chi connectivity index (χ0v) is 6.37. The Balaban J connectivity index is 2.30. The first-order chi connectivity index (χ1) is 5.20. The molecule has 3 nitrogen and oxygen atoms in total. The first-order valence-electron chi connectivity index (χ1n) is 3.95. The van der Waals surface area contributed by atoms with Gasteiger partial charge in [-0.15, -0.1) is 0 Å². The van der Waals surface area contributed by atoms with Gasteiger partial charge < -0.3 is 4.74 Å². The largest absolute Gasteiger partial charge is 0.393 e. The molecule has 3 heteroatoms. The van der Waals surface area contributed by atoms with E-state index in [1.54, 1.807) is 0 Å². The smallest absolute Gasteiger partial charge is 0.316 e. The summed E-state index contributed by atoms with van der Waals surface area (Å²) in [6.07, 6.45) is 1.66. The number of hydrogen-bond donors (Lipinski definition) is 0. The molecule has 2 unspecified atom stereocenters. The Hall–Kier alpha value is -0.860. The van der Waals surface area contributed by atoms with Crippen LogP contribution >= 0.6 is 0 Å². The quantitative estimate of drug-likeness (QED) is 0.381. The molecule has 0 amide bonds. The van der Waals surface area contributed by atoms with Crippen LogP contribution in [-0.4, -0.2) is 11.9 Å². The molecule has 0 aromatic rings. The van der Waals surface area contributed by atoms with E-state index in [0.717, 1.165) is 12.8 Å². The van der Waals surface area contributed by atoms with Crippen molar-refractivity contribution in [1.29, 1.82) is 0 Å². The number of carbonyl (C=O) groups is 2. The van der Waals surface area contributed by atoms with E-state index < -0.39 is 0 Å². The molecule has 2 rings (SSSR count). The Labute approximate surface area is 64.7 Å². The molecule has 1 aliphatic heterocycles. The Morgan fingerprint density at radius 2 is 1.64 bits per heavy atom. The Kier molecular flexibility index (Phi) is 1.28. The molecule has 2 atom stereocenters. The average molecular weight is 154 g/mol. The van der Waals surface area contributed by atoms with Crippen molar-refractivity contribution < 1.29 is 14.3 Å². The summed E-state index contributed by atoms with van der Waals surface area (Å²) in [6.45, 7) is 1.96. The second-order valence-electron chi connectivity index (χ2n) is 3.39. The molecule has 1 saturated carbocycles. The highest BCUT2D eigenvalue weighted by atomic mass is 16.6. The van der Waals surface area contributed by atoms with Crippen LogP contribution in [0.15, 0.2) is 0 Å². The maximum atomic E-state index is 11.0. The minimum absolute atomic E-state index is 0.00213. The van der Waals surface area contributed by atoms with Crippen LogP contribution in [0.4, 0.5) is 0 Å². The van der Waals surface area contributed by atoms with Gasteiger partial charge in [0.25, 0.3) is 0 Å². The van der Waals surface area contributed by atoms with Crippen molar-refractivity contribution in [1.82, 2.24) is 0 Å². The molecule has 1 saturated heterocycles. The van der Waals surface area contributed by atoms with Gasteiger partial charge in [0.1, 0.15) is 0 Å². The van der Waals surface area contributed by atoms with E-state index in [9.17, 15) is 9.59 Å². The summed E-state index contributed by atoms with van der Waals surface area (Å²) in [5.74, 6) is -0.411. The normalized spacial score (nSPS) is 42.5. The third-order valence-corrected chi connectivity index (χ3v) is 2.86. The van der Waals surface area contributed by atoms with Gasteiger partial charge in [-0.1, -0.05) is 6.92 Å². The van der Waals surface area contributed by atoms with Gasteiger partial charge in [0.2, 0.25) is 0 Å². The first-order valence-corrected chi connectivity index (χ1v) is 3.95. The van der Waals surface area contributed by atoms with E-state index in [0.29, 0.717) is 0 Å². The van der Waals surface area contributed by atoms with E-state index in [2.05, 4.69) is 4.74 Å². The van der Waals surface area contributed by atoms with Crippen molar-refractivity contribution in [3.05, 3.63) is 0 Å². The van der Waals surface area contributed by atoms with Crippen LogP contribution in [0.1, 0.15) is 19.8 Å². The van der Waals surface area contributed by atoms with Gasteiger partial charge in [-0.05, 0) is 18.8 Å². The Bertz CT molecular complexity index is 199. The van der Waals surface area contributed by atoms with E-state index in [-0.39, 0.29) is 29.7 Å². The fraction of sp³-hybridized carbons (Fsp3) is 0.750. The molecule has 2 fully saturated rings. The molecular formula is C8H10O3. The molecule has 1 aliphatic carbocycles. The van der Waals surface area contributed by atoms with Crippen molar-refractivity contribution in [3.63, 3.8) is 0 Å². The zero-order chi connectivity index (χ0) is 8.01. The van der Waals surface area contributed by atoms with Gasteiger partial charge in [0.05, 0.1) is 11.8 Å². The lowest BCUT2D eigenvalue weighted by Gasteiger charge is -2.23. The predicted octanol–water partition coefficient (Wildman–Crippen LogP) is 0.732. The van der Waals surface area contributed by atoms with Gasteiger partial charge in [-0.25, -0.2) is 0 Å². The lowest BCUT2D eigenvalue weighted by atomic mass is 9.89. The number of cyclic esters (lactones) is 2. The molecule has 2 aliphatic rings. The van der Waals surface area contributed by atoms with E-state index in [1.807, 2.05) is 6.92 Å². The van der Waals surface area contributed by atoms with Crippen LogP contribution in [0.2, 0.25) is 0 Å². The molecule has 60 valence electrons. The number of carbonyl (C=O) groups excluding carboxylic acids is 2. The maximum Gasteiger partial charge on any atom is 0.316 e. The fourth-order valence-electron chi connectivity index (χ4n) is 2.08. The number of hydrogen-bond acceptors (Lipinski definition) is 3. The fourth-order valence-corrected chi connectivity index (χ4v) is 2.08. The third-order valence-electron chi connectivity index (χ3n) is 2.86. The van der Waals surface area contributed by atoms with Crippen molar-refractivity contribution in [2.75, 3.05) is 0 Å². The van der Waals surface area contributed by atoms with Crippen LogP contribution in [0.3, 0.4) is 0 Å². The van der Waals surface area contributed by atoms with Gasteiger partial charge in [-0.3, -0.25) is 9.59 Å². The van der Waals surface area contributed by atoms with E-state index in [4.69, 9.17) is 0 Å². The molecule has 0 spiro atoms. The van der Waals surface area contributed by atoms with Crippen molar-refractivity contribution in [2.45, 2.75) is 19.8 Å². The molecule has 1 heterocycles. The number of fused-ring (bicyclic) bond motifs is 2. The zero-order valence-electron chi connectivity index (χ0n) is 6.37. The van der Waals surface area contributed by atoms with Crippen LogP contribution in [0.25, 0.3) is 0 Å². The van der Waals surface area contributed by atoms with Gasteiger partial charge >= 0.3 is 11.9 Å². The highest BCUT2D eigenvalue weighted by molar-refractivity contribution is 5.92. The Morgan fingerprint density at radius 3 is 2.09 bits per heavy atom. The van der Waals surface area contributed by atoms with Crippen molar-refractivity contribution >= 4 is 11.9 Å². The summed E-state index contributed by atoms with van der Waals surface area (Å²) in [7, 11) is 0. The topological polar surface area (TPSA) is 43.4 Å². The van der Waals surface area contributed by atoms with Crippen molar-refractivity contribution in [2.24, 2.45) is 17.8 Å². The second kappa shape index (κ2) is 2.06. The first kappa shape index (κ1) is 6.83.